The fourth-order valence-corrected chi connectivity index (χ4v) is 3.11. The van der Waals surface area contributed by atoms with E-state index in [1.165, 1.54) is 0 Å². The number of hydrogen-bond donors (Lipinski definition) is 2. The number of rotatable bonds is 8. The molecule has 3 heteroatoms. The minimum absolute atomic E-state index is 0.0213. The molecule has 0 saturated heterocycles. The van der Waals surface area contributed by atoms with E-state index in [-0.39, 0.29) is 16.4 Å². The van der Waals surface area contributed by atoms with Gasteiger partial charge in [-0.05, 0) is 51.4 Å². The molecule has 0 aliphatic carbocycles. The van der Waals surface area contributed by atoms with E-state index in [0.29, 0.717) is 13.2 Å². The highest BCUT2D eigenvalue weighted by Crippen LogP contribution is 2.30. The third kappa shape index (κ3) is 11.4. The van der Waals surface area contributed by atoms with E-state index in [4.69, 9.17) is 10.5 Å². The lowest BCUT2D eigenvalue weighted by Gasteiger charge is -2.35. The molecule has 0 aromatic carbocycles. The van der Waals surface area contributed by atoms with Crippen molar-refractivity contribution in [3.05, 3.63) is 0 Å². The van der Waals surface area contributed by atoms with Crippen LogP contribution in [0.5, 0.6) is 0 Å². The van der Waals surface area contributed by atoms with Gasteiger partial charge in [0.1, 0.15) is 0 Å². The Labute approximate surface area is 119 Å². The summed E-state index contributed by atoms with van der Waals surface area (Å²) in [6, 6.07) is 0. The van der Waals surface area contributed by atoms with Gasteiger partial charge in [0.15, 0.2) is 0 Å². The van der Waals surface area contributed by atoms with Crippen LogP contribution >= 0.6 is 0 Å². The highest BCUT2D eigenvalue weighted by Gasteiger charge is 2.30. The summed E-state index contributed by atoms with van der Waals surface area (Å²) in [5, 5.41) is 9.89. The highest BCUT2D eigenvalue weighted by molar-refractivity contribution is 4.83. The van der Waals surface area contributed by atoms with Gasteiger partial charge < -0.3 is 15.6 Å². The Morgan fingerprint density at radius 3 is 1.47 bits per heavy atom. The topological polar surface area (TPSA) is 55.5 Å². The monoisotopic (exact) mass is 273 g/mol. The molecule has 3 N–H and O–H groups in total. The first-order valence-corrected chi connectivity index (χ1v) is 7.21. The molecule has 0 aliphatic heterocycles. The zero-order valence-electron chi connectivity index (χ0n) is 14.3. The van der Waals surface area contributed by atoms with E-state index in [9.17, 15) is 5.11 Å². The van der Waals surface area contributed by atoms with Crippen LogP contribution in [-0.2, 0) is 4.74 Å². The van der Waals surface area contributed by atoms with E-state index in [1.807, 2.05) is 27.7 Å². The van der Waals surface area contributed by atoms with Gasteiger partial charge in [0.2, 0.25) is 0 Å². The van der Waals surface area contributed by atoms with Crippen molar-refractivity contribution in [3.63, 3.8) is 0 Å². The molecule has 0 radical (unpaired) electrons. The van der Waals surface area contributed by atoms with E-state index in [2.05, 4.69) is 27.7 Å². The summed E-state index contributed by atoms with van der Waals surface area (Å²) in [6.45, 7) is 17.8. The molecule has 0 saturated carbocycles. The molecule has 3 nitrogen and oxygen atoms in total. The van der Waals surface area contributed by atoms with Crippen LogP contribution in [-0.4, -0.2) is 29.5 Å². The number of nitrogens with two attached hydrogens (primary N) is 1. The van der Waals surface area contributed by atoms with Gasteiger partial charge in [-0.3, -0.25) is 0 Å². The van der Waals surface area contributed by atoms with Crippen LogP contribution in [0.25, 0.3) is 0 Å². The van der Waals surface area contributed by atoms with Crippen molar-refractivity contribution in [2.45, 2.75) is 79.4 Å². The Hall–Kier alpha value is -0.120. The maximum Gasteiger partial charge on any atom is 0.0597 e. The van der Waals surface area contributed by atoms with Crippen LogP contribution in [0.2, 0.25) is 0 Å². The van der Waals surface area contributed by atoms with Gasteiger partial charge in [-0.25, -0.2) is 0 Å². The molecular formula is C16H35NO2. The number of aliphatic hydroxyl groups is 1. The van der Waals surface area contributed by atoms with Gasteiger partial charge in [0.25, 0.3) is 0 Å². The molecule has 0 rings (SSSR count). The largest absolute Gasteiger partial charge is 0.390 e. The van der Waals surface area contributed by atoms with Gasteiger partial charge in [0.05, 0.1) is 18.8 Å². The lowest BCUT2D eigenvalue weighted by molar-refractivity contribution is -0.0311. The Morgan fingerprint density at radius 1 is 0.789 bits per heavy atom. The van der Waals surface area contributed by atoms with Crippen molar-refractivity contribution in [3.8, 4) is 0 Å². The fourth-order valence-electron chi connectivity index (χ4n) is 3.11. The average molecular weight is 273 g/mol. The molecule has 0 aliphatic rings. The molecule has 19 heavy (non-hydrogen) atoms. The van der Waals surface area contributed by atoms with Gasteiger partial charge >= 0.3 is 0 Å². The molecule has 0 fully saturated rings. The standard InChI is InChI=1S/C16H35NO2/c1-13(2,9-15(5,6)17)11-19-12-14(3,4)10-16(7,8)18/h18H,9-12,17H2,1-8H3. The van der Waals surface area contributed by atoms with E-state index in [1.54, 1.807) is 0 Å². The van der Waals surface area contributed by atoms with Gasteiger partial charge in [-0.1, -0.05) is 27.7 Å². The first-order chi connectivity index (χ1) is 8.12. The van der Waals surface area contributed by atoms with Crippen LogP contribution in [0, 0.1) is 10.8 Å². The fraction of sp³-hybridized carbons (Fsp3) is 1.00. The van der Waals surface area contributed by atoms with E-state index < -0.39 is 5.60 Å². The normalized spacial score (nSPS) is 14.8. The van der Waals surface area contributed by atoms with Crippen LogP contribution in [0.4, 0.5) is 0 Å². The molecule has 0 atom stereocenters. The lowest BCUT2D eigenvalue weighted by atomic mass is 9.80. The van der Waals surface area contributed by atoms with Crippen LogP contribution < -0.4 is 5.73 Å². The second-order valence-electron chi connectivity index (χ2n) is 8.98. The maximum absolute atomic E-state index is 9.89. The summed E-state index contributed by atoms with van der Waals surface area (Å²) in [5.41, 5.74) is 5.30. The van der Waals surface area contributed by atoms with Crippen molar-refractivity contribution in [2.24, 2.45) is 16.6 Å². The quantitative estimate of drug-likeness (QED) is 0.713. The van der Waals surface area contributed by atoms with Crippen LogP contribution in [0.15, 0.2) is 0 Å². The summed E-state index contributed by atoms with van der Waals surface area (Å²) in [7, 11) is 0. The van der Waals surface area contributed by atoms with Crippen LogP contribution in [0.3, 0.4) is 0 Å². The van der Waals surface area contributed by atoms with Crippen molar-refractivity contribution >= 4 is 0 Å². The first kappa shape index (κ1) is 18.9. The van der Waals surface area contributed by atoms with Gasteiger partial charge in [-0.15, -0.1) is 0 Å². The predicted molar refractivity (Wildman–Crippen MR) is 82.2 cm³/mol. The van der Waals surface area contributed by atoms with Gasteiger partial charge in [-0.2, -0.15) is 0 Å². The Bertz CT molecular complexity index is 241. The zero-order valence-corrected chi connectivity index (χ0v) is 14.3. The molecule has 0 unspecified atom stereocenters. The number of ether oxygens (including phenoxy) is 1. The second kappa shape index (κ2) is 6.11. The summed E-state index contributed by atoms with van der Waals surface area (Å²) in [6.07, 6.45) is 1.65. The summed E-state index contributed by atoms with van der Waals surface area (Å²) < 4.78 is 5.89. The molecule has 116 valence electrons. The molecule has 0 bridgehead atoms. The summed E-state index contributed by atoms with van der Waals surface area (Å²) in [5.74, 6) is 0. The maximum atomic E-state index is 9.89. The molecule has 0 heterocycles. The molecule has 0 spiro atoms. The highest BCUT2D eigenvalue weighted by atomic mass is 16.5. The summed E-state index contributed by atoms with van der Waals surface area (Å²) in [4.78, 5) is 0. The Balaban J connectivity index is 4.21. The second-order valence-corrected chi connectivity index (χ2v) is 8.98. The van der Waals surface area contributed by atoms with Crippen molar-refractivity contribution in [2.75, 3.05) is 13.2 Å². The minimum Gasteiger partial charge on any atom is -0.390 e. The predicted octanol–water partition coefficient (Wildman–Crippen LogP) is 3.34. The average Bonchev–Trinajstić information content (AvgIpc) is 1.90. The molecule has 0 aromatic heterocycles. The van der Waals surface area contributed by atoms with Crippen molar-refractivity contribution in [1.82, 2.24) is 0 Å². The van der Waals surface area contributed by atoms with Gasteiger partial charge in [0, 0.05) is 5.54 Å². The lowest BCUT2D eigenvalue weighted by Crippen LogP contribution is -2.39. The first-order valence-electron chi connectivity index (χ1n) is 7.21. The molecular weight excluding hydrogens is 238 g/mol. The molecule has 0 amide bonds. The van der Waals surface area contributed by atoms with Crippen molar-refractivity contribution in [1.29, 1.82) is 0 Å². The smallest absolute Gasteiger partial charge is 0.0597 e. The SMILES string of the molecule is CC(C)(N)CC(C)(C)COCC(C)(C)CC(C)(C)O. The minimum atomic E-state index is -0.651. The Kier molecular flexibility index (Phi) is 6.07. The summed E-state index contributed by atoms with van der Waals surface area (Å²) >= 11 is 0. The van der Waals surface area contributed by atoms with Crippen molar-refractivity contribution < 1.29 is 9.84 Å². The van der Waals surface area contributed by atoms with E-state index in [0.717, 1.165) is 12.8 Å². The number of hydrogen-bond acceptors (Lipinski definition) is 3. The van der Waals surface area contributed by atoms with E-state index >= 15 is 0 Å². The third-order valence-corrected chi connectivity index (χ3v) is 2.83. The molecule has 0 aromatic rings. The third-order valence-electron chi connectivity index (χ3n) is 2.83. The zero-order chi connectivity index (χ0) is 15.5. The Morgan fingerprint density at radius 2 is 1.16 bits per heavy atom. The van der Waals surface area contributed by atoms with Crippen LogP contribution in [0.1, 0.15) is 68.2 Å².